The van der Waals surface area contributed by atoms with Crippen LogP contribution in [0.3, 0.4) is 0 Å². The number of nitrogens with one attached hydrogen (secondary N) is 1. The highest BCUT2D eigenvalue weighted by Crippen LogP contribution is 2.30. The zero-order chi connectivity index (χ0) is 40.1. The predicted molar refractivity (Wildman–Crippen MR) is 238 cm³/mol. The molecule has 0 aromatic heterocycles. The second kappa shape index (κ2) is 21.2. The van der Waals surface area contributed by atoms with Crippen molar-refractivity contribution in [1.29, 1.82) is 0 Å². The van der Waals surface area contributed by atoms with E-state index in [2.05, 4.69) is 102 Å². The highest BCUT2D eigenvalue weighted by atomic mass is 79.9. The third kappa shape index (κ3) is 12.0. The molecule has 4 aliphatic heterocycles. The minimum atomic E-state index is -0.386. The maximum Gasteiger partial charge on any atom is 0.376 e. The first-order valence-corrected chi connectivity index (χ1v) is 21.4. The molecule has 2 amide bonds. The van der Waals surface area contributed by atoms with Gasteiger partial charge in [-0.25, -0.2) is 0 Å². The van der Waals surface area contributed by atoms with Crippen LogP contribution in [0.1, 0.15) is 47.9 Å². The first-order chi connectivity index (χ1) is 27.7. The first-order valence-electron chi connectivity index (χ1n) is 20.6. The summed E-state index contributed by atoms with van der Waals surface area (Å²) in [4.78, 5) is 35.5. The van der Waals surface area contributed by atoms with Crippen molar-refractivity contribution in [2.24, 2.45) is 0 Å². The molecule has 0 radical (unpaired) electrons. The van der Waals surface area contributed by atoms with Gasteiger partial charge >= 0.3 is 14.1 Å². The number of piperazine rings is 2. The summed E-state index contributed by atoms with van der Waals surface area (Å²) in [6.07, 6.45) is 5.03. The van der Waals surface area contributed by atoms with Crippen LogP contribution in [0.5, 0.6) is 0 Å². The standard InChI is InChI=1S/C22H28BN3O2.C17H16BrNO.C5H13BN2O/c1-23(28)25-14-12-24(13-15-25)20-9-4-6-18(16-20)17-26-21-10-3-2-7-19(21)8-5-11-22(26)27;18-15-8-3-5-13(11-15)12-19-16-9-2-1-6-14(16)7-4-10-17(19)20;1-6(9)8-4-2-7-3-5-8/h2-4,6-7,9-10,16,28H,5,8,11-15,17H2,1H3;1-3,5-6,8-9,11H,4,7,10,12H2;7,9H,2-5H2,1H3. The minimum Gasteiger partial charge on any atom is -0.437 e. The lowest BCUT2D eigenvalue weighted by Gasteiger charge is -2.37. The van der Waals surface area contributed by atoms with Crippen LogP contribution in [0.4, 0.5) is 17.1 Å². The molecule has 0 aliphatic carbocycles. The number of carbonyl (C=O) groups excluding carboxylic acids is 2. The lowest BCUT2D eigenvalue weighted by atomic mass is 9.84. The average Bonchev–Trinajstić information content (AvgIpc) is 3.49. The van der Waals surface area contributed by atoms with Gasteiger partial charge in [-0.3, -0.25) is 9.59 Å². The topological polar surface area (TPSA) is 103 Å². The van der Waals surface area contributed by atoms with E-state index in [1.807, 2.05) is 53.8 Å². The number of hydrogen-bond donors (Lipinski definition) is 3. The van der Waals surface area contributed by atoms with Crippen LogP contribution in [0, 0.1) is 0 Å². The molecule has 4 heterocycles. The van der Waals surface area contributed by atoms with E-state index < -0.39 is 0 Å². The van der Waals surface area contributed by atoms with Gasteiger partial charge in [-0.1, -0.05) is 76.6 Å². The Labute approximate surface area is 348 Å². The molecule has 0 bridgehead atoms. The third-order valence-corrected chi connectivity index (χ3v) is 11.7. The molecule has 4 aromatic rings. The number of amides is 2. The largest absolute Gasteiger partial charge is 0.437 e. The van der Waals surface area contributed by atoms with Crippen molar-refractivity contribution in [3.05, 3.63) is 124 Å². The number of halogens is 1. The van der Waals surface area contributed by atoms with E-state index >= 15 is 0 Å². The molecule has 300 valence electrons. The Morgan fingerprint density at radius 2 is 1.09 bits per heavy atom. The van der Waals surface area contributed by atoms with Crippen LogP contribution < -0.4 is 20.0 Å². The number of nitrogens with zero attached hydrogens (tertiary/aromatic N) is 5. The molecule has 3 N–H and O–H groups in total. The van der Waals surface area contributed by atoms with Gasteiger partial charge in [0.15, 0.2) is 0 Å². The van der Waals surface area contributed by atoms with E-state index in [1.54, 1.807) is 0 Å². The molecule has 8 rings (SSSR count). The lowest BCUT2D eigenvalue weighted by Crippen LogP contribution is -2.51. The second-order valence-electron chi connectivity index (χ2n) is 15.3. The summed E-state index contributed by atoms with van der Waals surface area (Å²) >= 11 is 3.49. The summed E-state index contributed by atoms with van der Waals surface area (Å²) in [5.41, 5.74) is 8.14. The van der Waals surface area contributed by atoms with E-state index in [1.165, 1.54) is 16.8 Å². The first kappa shape index (κ1) is 42.6. The van der Waals surface area contributed by atoms with E-state index in [9.17, 15) is 14.6 Å². The van der Waals surface area contributed by atoms with Gasteiger partial charge < -0.3 is 39.7 Å². The second-order valence-corrected chi connectivity index (χ2v) is 16.2. The van der Waals surface area contributed by atoms with E-state index in [4.69, 9.17) is 5.02 Å². The van der Waals surface area contributed by atoms with Gasteiger partial charge in [-0.15, -0.1) is 0 Å². The van der Waals surface area contributed by atoms with Gasteiger partial charge in [0.1, 0.15) is 0 Å². The molecular weight excluding hydrogens is 778 g/mol. The molecule has 2 fully saturated rings. The van der Waals surface area contributed by atoms with Gasteiger partial charge in [0.05, 0.1) is 13.1 Å². The van der Waals surface area contributed by atoms with E-state index in [0.717, 1.165) is 105 Å². The number of carbonyl (C=O) groups is 2. The summed E-state index contributed by atoms with van der Waals surface area (Å²) in [5, 5.41) is 22.1. The molecule has 0 spiro atoms. The quantitative estimate of drug-likeness (QED) is 0.192. The van der Waals surface area contributed by atoms with E-state index in [0.29, 0.717) is 25.9 Å². The molecule has 4 aliphatic rings. The lowest BCUT2D eigenvalue weighted by molar-refractivity contribution is -0.119. The van der Waals surface area contributed by atoms with Crippen LogP contribution >= 0.6 is 15.9 Å². The molecule has 0 atom stereocenters. The molecule has 57 heavy (non-hydrogen) atoms. The van der Waals surface area contributed by atoms with Crippen LogP contribution in [0.2, 0.25) is 13.6 Å². The van der Waals surface area contributed by atoms with Crippen LogP contribution in [-0.2, 0) is 35.5 Å². The monoisotopic (exact) mass is 834 g/mol. The number of rotatable bonds is 7. The summed E-state index contributed by atoms with van der Waals surface area (Å²) in [6.45, 7) is 12.4. The zero-order valence-electron chi connectivity index (χ0n) is 33.5. The Hall–Kier alpha value is -3.97. The Balaban J connectivity index is 0.000000164. The summed E-state index contributed by atoms with van der Waals surface area (Å²) in [5.74, 6) is 0.427. The number of para-hydroxylation sites is 2. The molecule has 2 saturated heterocycles. The van der Waals surface area contributed by atoms with Crippen LogP contribution in [-0.4, -0.2) is 97.9 Å². The Morgan fingerprint density at radius 3 is 1.60 bits per heavy atom. The molecule has 10 nitrogen and oxygen atoms in total. The molecule has 4 aromatic carbocycles. The van der Waals surface area contributed by atoms with Gasteiger partial charge in [0.25, 0.3) is 0 Å². The van der Waals surface area contributed by atoms with Crippen molar-refractivity contribution in [3.8, 4) is 0 Å². The van der Waals surface area contributed by atoms with Crippen molar-refractivity contribution in [1.82, 2.24) is 14.9 Å². The SMILES string of the molecule is CB(O)N1CCN(c2cccc(CN3C(=O)CCCc4ccccc43)c2)CC1.CB(O)N1CCNCC1.O=C1CCCc2ccccc2N1Cc1cccc(Br)c1. The van der Waals surface area contributed by atoms with Crippen molar-refractivity contribution >= 4 is 58.9 Å². The Morgan fingerprint density at radius 1 is 0.596 bits per heavy atom. The fraction of sp³-hybridized carbons (Fsp3) is 0.409. The summed E-state index contributed by atoms with van der Waals surface area (Å²) in [6, 6.07) is 33.2. The number of aryl methyl sites for hydroxylation is 2. The smallest absolute Gasteiger partial charge is 0.376 e. The van der Waals surface area contributed by atoms with Gasteiger partial charge in [0.2, 0.25) is 11.8 Å². The van der Waals surface area contributed by atoms with Crippen molar-refractivity contribution in [2.75, 3.05) is 67.1 Å². The maximum atomic E-state index is 12.8. The van der Waals surface area contributed by atoms with Crippen molar-refractivity contribution in [2.45, 2.75) is 65.3 Å². The van der Waals surface area contributed by atoms with E-state index in [-0.39, 0.29) is 25.9 Å². The fourth-order valence-corrected chi connectivity index (χ4v) is 8.42. The maximum absolute atomic E-state index is 12.8. The minimum absolute atomic E-state index is 0.209. The molecule has 0 saturated carbocycles. The Kier molecular flexibility index (Phi) is 15.8. The van der Waals surface area contributed by atoms with Crippen molar-refractivity contribution < 1.29 is 19.6 Å². The highest BCUT2D eigenvalue weighted by molar-refractivity contribution is 9.10. The number of anilines is 3. The normalized spacial score (nSPS) is 17.5. The Bertz CT molecular complexity index is 1920. The highest BCUT2D eigenvalue weighted by Gasteiger charge is 2.25. The summed E-state index contributed by atoms with van der Waals surface area (Å²) in [7, 11) is -0.658. The van der Waals surface area contributed by atoms with Gasteiger partial charge in [-0.05, 0) is 98.0 Å². The fourth-order valence-electron chi connectivity index (χ4n) is 7.98. The summed E-state index contributed by atoms with van der Waals surface area (Å²) < 4.78 is 1.05. The van der Waals surface area contributed by atoms with Crippen molar-refractivity contribution in [3.63, 3.8) is 0 Å². The van der Waals surface area contributed by atoms with Crippen LogP contribution in [0.25, 0.3) is 0 Å². The number of fused-ring (bicyclic) bond motifs is 2. The number of hydrogen-bond acceptors (Lipinski definition) is 8. The zero-order valence-corrected chi connectivity index (χ0v) is 35.1. The molecule has 0 unspecified atom stereocenters. The van der Waals surface area contributed by atoms with Gasteiger partial charge in [-0.2, -0.15) is 0 Å². The molecular formula is C44H57B2BrN6O4. The molecule has 13 heteroatoms. The average molecular weight is 836 g/mol. The third-order valence-electron chi connectivity index (χ3n) is 11.2. The number of benzene rings is 4. The van der Waals surface area contributed by atoms with Crippen LogP contribution in [0.15, 0.2) is 102 Å². The van der Waals surface area contributed by atoms with Gasteiger partial charge in [0, 0.05) is 86.7 Å². The predicted octanol–water partition coefficient (Wildman–Crippen LogP) is 6.11.